The molecule has 0 saturated heterocycles. The van der Waals surface area contributed by atoms with E-state index in [2.05, 4.69) is 15.4 Å². The molecule has 0 saturated carbocycles. The second-order valence-electron chi connectivity index (χ2n) is 4.49. The first-order valence-electron chi connectivity index (χ1n) is 6.27. The standard InChI is InChI=1S/C14H13ClN4OS/c1-8-2-3-10(15)11(6-8)20-7-12-17-13(19-16)9-4-5-21-14(9)18-12/h2-6H,7,16H2,1H3,(H,17,18,19). The quantitative estimate of drug-likeness (QED) is 0.568. The van der Waals surface area contributed by atoms with Crippen LogP contribution in [-0.4, -0.2) is 9.97 Å². The van der Waals surface area contributed by atoms with Gasteiger partial charge in [0.2, 0.25) is 0 Å². The largest absolute Gasteiger partial charge is 0.484 e. The maximum absolute atomic E-state index is 6.10. The van der Waals surface area contributed by atoms with Crippen molar-refractivity contribution in [2.24, 2.45) is 5.84 Å². The van der Waals surface area contributed by atoms with Crippen LogP contribution in [0.3, 0.4) is 0 Å². The Morgan fingerprint density at radius 1 is 1.33 bits per heavy atom. The predicted octanol–water partition coefficient (Wildman–Crippen LogP) is 3.52. The van der Waals surface area contributed by atoms with E-state index in [-0.39, 0.29) is 6.61 Å². The summed E-state index contributed by atoms with van der Waals surface area (Å²) in [5, 5.41) is 3.41. The molecule has 108 valence electrons. The summed E-state index contributed by atoms with van der Waals surface area (Å²) in [5.41, 5.74) is 3.67. The summed E-state index contributed by atoms with van der Waals surface area (Å²) in [6.45, 7) is 2.21. The summed E-state index contributed by atoms with van der Waals surface area (Å²) < 4.78 is 5.71. The van der Waals surface area contributed by atoms with Gasteiger partial charge in [0.25, 0.3) is 0 Å². The first-order valence-corrected chi connectivity index (χ1v) is 7.53. The molecule has 2 heterocycles. The smallest absolute Gasteiger partial charge is 0.169 e. The zero-order valence-corrected chi connectivity index (χ0v) is 12.8. The number of fused-ring (bicyclic) bond motifs is 1. The average Bonchev–Trinajstić information content (AvgIpc) is 2.95. The van der Waals surface area contributed by atoms with Crippen LogP contribution in [-0.2, 0) is 6.61 Å². The van der Waals surface area contributed by atoms with Crippen LogP contribution in [0.25, 0.3) is 10.2 Å². The van der Waals surface area contributed by atoms with E-state index in [1.165, 1.54) is 11.3 Å². The van der Waals surface area contributed by atoms with Gasteiger partial charge < -0.3 is 10.2 Å². The number of halogens is 1. The highest BCUT2D eigenvalue weighted by Crippen LogP contribution is 2.27. The SMILES string of the molecule is Cc1ccc(Cl)c(OCc2nc(NN)c3ccsc3n2)c1. The molecular formula is C14H13ClN4OS. The maximum atomic E-state index is 6.10. The lowest BCUT2D eigenvalue weighted by atomic mass is 10.2. The number of ether oxygens (including phenoxy) is 1. The van der Waals surface area contributed by atoms with E-state index >= 15 is 0 Å². The normalized spacial score (nSPS) is 10.8. The molecule has 7 heteroatoms. The maximum Gasteiger partial charge on any atom is 0.169 e. The molecule has 2 aromatic heterocycles. The Morgan fingerprint density at radius 2 is 2.19 bits per heavy atom. The molecule has 0 radical (unpaired) electrons. The highest BCUT2D eigenvalue weighted by molar-refractivity contribution is 7.16. The summed E-state index contributed by atoms with van der Waals surface area (Å²) in [7, 11) is 0. The highest BCUT2D eigenvalue weighted by Gasteiger charge is 2.09. The van der Waals surface area contributed by atoms with Crippen LogP contribution in [0, 0.1) is 6.92 Å². The van der Waals surface area contributed by atoms with Crippen molar-refractivity contribution < 1.29 is 4.74 Å². The number of aromatic nitrogens is 2. The number of nitrogens with one attached hydrogen (secondary N) is 1. The number of anilines is 1. The first-order chi connectivity index (χ1) is 10.2. The Labute approximate surface area is 130 Å². The lowest BCUT2D eigenvalue weighted by Gasteiger charge is -2.09. The molecule has 5 nitrogen and oxygen atoms in total. The second kappa shape index (κ2) is 5.85. The molecule has 3 rings (SSSR count). The zero-order chi connectivity index (χ0) is 14.8. The Morgan fingerprint density at radius 3 is 3.00 bits per heavy atom. The van der Waals surface area contributed by atoms with Gasteiger partial charge >= 0.3 is 0 Å². The topological polar surface area (TPSA) is 73.1 Å². The molecule has 0 aliphatic rings. The van der Waals surface area contributed by atoms with Gasteiger partial charge in [-0.25, -0.2) is 15.8 Å². The van der Waals surface area contributed by atoms with E-state index in [9.17, 15) is 0 Å². The third-order valence-corrected chi connectivity index (χ3v) is 4.07. The van der Waals surface area contributed by atoms with Gasteiger partial charge in [0.15, 0.2) is 11.6 Å². The van der Waals surface area contributed by atoms with Crippen molar-refractivity contribution in [3.63, 3.8) is 0 Å². The van der Waals surface area contributed by atoms with Crippen LogP contribution in [0.5, 0.6) is 5.75 Å². The minimum absolute atomic E-state index is 0.228. The van der Waals surface area contributed by atoms with E-state index in [4.69, 9.17) is 22.2 Å². The molecule has 0 fully saturated rings. The summed E-state index contributed by atoms with van der Waals surface area (Å²) in [6, 6.07) is 7.55. The van der Waals surface area contributed by atoms with Crippen molar-refractivity contribution in [1.29, 1.82) is 0 Å². The lowest BCUT2D eigenvalue weighted by Crippen LogP contribution is -2.11. The van der Waals surface area contributed by atoms with Crippen molar-refractivity contribution in [2.45, 2.75) is 13.5 Å². The van der Waals surface area contributed by atoms with E-state index in [0.717, 1.165) is 15.8 Å². The van der Waals surface area contributed by atoms with E-state index < -0.39 is 0 Å². The van der Waals surface area contributed by atoms with E-state index in [1.54, 1.807) is 0 Å². The van der Waals surface area contributed by atoms with Crippen LogP contribution < -0.4 is 16.0 Å². The summed E-state index contributed by atoms with van der Waals surface area (Å²) in [4.78, 5) is 9.67. The lowest BCUT2D eigenvalue weighted by molar-refractivity contribution is 0.296. The Bertz CT molecular complexity index is 790. The predicted molar refractivity (Wildman–Crippen MR) is 85.7 cm³/mol. The molecule has 3 aromatic rings. The molecule has 0 aliphatic heterocycles. The number of rotatable bonds is 4. The molecule has 0 aliphatic carbocycles. The van der Waals surface area contributed by atoms with Gasteiger partial charge in [-0.1, -0.05) is 17.7 Å². The number of nitrogens with zero attached hydrogens (tertiary/aromatic N) is 2. The van der Waals surface area contributed by atoms with Crippen LogP contribution in [0.4, 0.5) is 5.82 Å². The van der Waals surface area contributed by atoms with Crippen molar-refractivity contribution >= 4 is 39.0 Å². The molecule has 0 spiro atoms. The number of nitrogens with two attached hydrogens (primary N) is 1. The first kappa shape index (κ1) is 14.1. The third-order valence-electron chi connectivity index (χ3n) is 2.95. The number of aryl methyl sites for hydroxylation is 1. The molecule has 3 N–H and O–H groups in total. The number of hydrogen-bond acceptors (Lipinski definition) is 6. The van der Waals surface area contributed by atoms with Gasteiger partial charge in [-0.3, -0.25) is 0 Å². The number of nitrogen functional groups attached to an aromatic ring is 1. The zero-order valence-electron chi connectivity index (χ0n) is 11.3. The van der Waals surface area contributed by atoms with Gasteiger partial charge in [-0.15, -0.1) is 11.3 Å². The molecule has 0 bridgehead atoms. The number of thiophene rings is 1. The second-order valence-corrected chi connectivity index (χ2v) is 5.80. The van der Waals surface area contributed by atoms with Crippen molar-refractivity contribution in [1.82, 2.24) is 9.97 Å². The Kier molecular flexibility index (Phi) is 3.92. The summed E-state index contributed by atoms with van der Waals surface area (Å²) in [5.74, 6) is 7.26. The number of hydrazine groups is 1. The molecule has 0 atom stereocenters. The van der Waals surface area contributed by atoms with Crippen molar-refractivity contribution in [3.8, 4) is 5.75 Å². The van der Waals surface area contributed by atoms with Crippen LogP contribution >= 0.6 is 22.9 Å². The fourth-order valence-corrected chi connectivity index (χ4v) is 2.89. The van der Waals surface area contributed by atoms with Gasteiger partial charge in [-0.05, 0) is 36.1 Å². The fourth-order valence-electron chi connectivity index (χ4n) is 1.94. The Balaban J connectivity index is 1.86. The number of hydrogen-bond donors (Lipinski definition) is 2. The van der Waals surface area contributed by atoms with Gasteiger partial charge in [0.1, 0.15) is 17.2 Å². The minimum atomic E-state index is 0.228. The van der Waals surface area contributed by atoms with Crippen LogP contribution in [0.2, 0.25) is 5.02 Å². The molecule has 0 amide bonds. The summed E-state index contributed by atoms with van der Waals surface area (Å²) in [6.07, 6.45) is 0. The van der Waals surface area contributed by atoms with Crippen LogP contribution in [0.1, 0.15) is 11.4 Å². The van der Waals surface area contributed by atoms with E-state index in [0.29, 0.717) is 22.4 Å². The Hall–Kier alpha value is -1.89. The fraction of sp³-hybridized carbons (Fsp3) is 0.143. The van der Waals surface area contributed by atoms with Crippen molar-refractivity contribution in [3.05, 3.63) is 46.1 Å². The molecule has 0 unspecified atom stereocenters. The van der Waals surface area contributed by atoms with Gasteiger partial charge in [0.05, 0.1) is 10.4 Å². The average molecular weight is 321 g/mol. The molecular weight excluding hydrogens is 308 g/mol. The summed E-state index contributed by atoms with van der Waals surface area (Å²) >= 11 is 7.63. The van der Waals surface area contributed by atoms with E-state index in [1.807, 2.05) is 36.6 Å². The van der Waals surface area contributed by atoms with Crippen molar-refractivity contribution in [2.75, 3.05) is 5.43 Å². The number of benzene rings is 1. The molecule has 21 heavy (non-hydrogen) atoms. The van der Waals surface area contributed by atoms with Gasteiger partial charge in [0, 0.05) is 0 Å². The van der Waals surface area contributed by atoms with Gasteiger partial charge in [-0.2, -0.15) is 0 Å². The monoisotopic (exact) mass is 320 g/mol. The molecule has 1 aromatic carbocycles. The van der Waals surface area contributed by atoms with Crippen LogP contribution in [0.15, 0.2) is 29.6 Å². The minimum Gasteiger partial charge on any atom is -0.484 e. The third kappa shape index (κ3) is 2.92. The highest BCUT2D eigenvalue weighted by atomic mass is 35.5.